The lowest BCUT2D eigenvalue weighted by Gasteiger charge is -2.19. The van der Waals surface area contributed by atoms with Gasteiger partial charge < -0.3 is 20.1 Å². The number of esters is 2. The van der Waals surface area contributed by atoms with Crippen molar-refractivity contribution in [3.05, 3.63) is 72.9 Å². The minimum absolute atomic E-state index is 0.0414. The third kappa shape index (κ3) is 37.2. The Balaban J connectivity index is 4.33. The van der Waals surface area contributed by atoms with Gasteiger partial charge in [-0.1, -0.05) is 157 Å². The number of carbonyl (C=O) groups excluding carboxylic acids is 2. The van der Waals surface area contributed by atoms with Gasteiger partial charge in [0.05, 0.1) is 13.2 Å². The van der Waals surface area contributed by atoms with Gasteiger partial charge >= 0.3 is 19.8 Å². The summed E-state index contributed by atoms with van der Waals surface area (Å²) in [5.41, 5.74) is 5.33. The maximum absolute atomic E-state index is 12.5. The minimum Gasteiger partial charge on any atom is -0.462 e. The number of rotatable bonds is 36. The van der Waals surface area contributed by atoms with Crippen LogP contribution in [0, 0.1) is 0 Å². The summed E-state index contributed by atoms with van der Waals surface area (Å²) in [7, 11) is -4.39. The molecular weight excluding hydrogens is 677 g/mol. The van der Waals surface area contributed by atoms with Crippen molar-refractivity contribution in [3.8, 4) is 0 Å². The van der Waals surface area contributed by atoms with E-state index in [0.29, 0.717) is 12.8 Å². The maximum atomic E-state index is 12.5. The van der Waals surface area contributed by atoms with Crippen LogP contribution >= 0.6 is 7.82 Å². The topological polar surface area (TPSA) is 134 Å². The fraction of sp³-hybridized carbons (Fsp3) is 0.667. The first kappa shape index (κ1) is 49.5. The largest absolute Gasteiger partial charge is 0.472 e. The zero-order valence-electron chi connectivity index (χ0n) is 32.5. The highest BCUT2D eigenvalue weighted by Gasteiger charge is 2.25. The van der Waals surface area contributed by atoms with Gasteiger partial charge in [0.15, 0.2) is 6.10 Å². The predicted octanol–water partition coefficient (Wildman–Crippen LogP) is 11.1. The van der Waals surface area contributed by atoms with Crippen LogP contribution in [0.2, 0.25) is 0 Å². The Morgan fingerprint density at radius 1 is 0.596 bits per heavy atom. The summed E-state index contributed by atoms with van der Waals surface area (Å²) >= 11 is 0. The van der Waals surface area contributed by atoms with Crippen molar-refractivity contribution < 1.29 is 37.6 Å². The number of nitrogens with two attached hydrogens (primary N) is 1. The summed E-state index contributed by atoms with van der Waals surface area (Å²) in [5.74, 6) is -0.932. The first-order valence-electron chi connectivity index (χ1n) is 19.9. The fourth-order valence-electron chi connectivity index (χ4n) is 4.95. The van der Waals surface area contributed by atoms with Crippen LogP contribution in [-0.2, 0) is 32.7 Å². The van der Waals surface area contributed by atoms with E-state index in [1.807, 2.05) is 12.2 Å². The quantitative estimate of drug-likeness (QED) is 0.0278. The van der Waals surface area contributed by atoms with Crippen molar-refractivity contribution in [2.24, 2.45) is 5.73 Å². The Kier molecular flexibility index (Phi) is 36.3. The van der Waals surface area contributed by atoms with Gasteiger partial charge in [-0.15, -0.1) is 0 Å². The molecule has 0 aliphatic rings. The van der Waals surface area contributed by atoms with Crippen LogP contribution in [0.4, 0.5) is 0 Å². The van der Waals surface area contributed by atoms with Crippen LogP contribution in [-0.4, -0.2) is 49.3 Å². The molecule has 3 N–H and O–H groups in total. The molecule has 0 saturated carbocycles. The number of phosphoric ester groups is 1. The monoisotopic (exact) mass is 749 g/mol. The minimum atomic E-state index is -4.39. The van der Waals surface area contributed by atoms with Crippen molar-refractivity contribution in [1.82, 2.24) is 0 Å². The third-order valence-electron chi connectivity index (χ3n) is 7.87. The molecule has 52 heavy (non-hydrogen) atoms. The van der Waals surface area contributed by atoms with E-state index in [2.05, 4.69) is 74.6 Å². The molecule has 0 spiro atoms. The molecule has 0 aliphatic heterocycles. The zero-order valence-corrected chi connectivity index (χ0v) is 33.4. The Morgan fingerprint density at radius 3 is 1.54 bits per heavy atom. The van der Waals surface area contributed by atoms with Crippen molar-refractivity contribution in [2.45, 2.75) is 155 Å². The molecule has 298 valence electrons. The van der Waals surface area contributed by atoms with Crippen molar-refractivity contribution >= 4 is 19.8 Å². The highest BCUT2D eigenvalue weighted by Crippen LogP contribution is 2.43. The Morgan fingerprint density at radius 2 is 1.06 bits per heavy atom. The highest BCUT2D eigenvalue weighted by atomic mass is 31.2. The van der Waals surface area contributed by atoms with Gasteiger partial charge in [0.25, 0.3) is 0 Å². The summed E-state index contributed by atoms with van der Waals surface area (Å²) in [6.07, 6.45) is 45.2. The molecule has 9 nitrogen and oxygen atoms in total. The molecule has 0 amide bonds. The second-order valence-electron chi connectivity index (χ2n) is 12.8. The molecule has 0 aliphatic carbocycles. The van der Waals surface area contributed by atoms with Crippen LogP contribution in [0.25, 0.3) is 0 Å². The zero-order chi connectivity index (χ0) is 38.2. The number of ether oxygens (including phenoxy) is 2. The number of hydrogen-bond acceptors (Lipinski definition) is 8. The molecule has 0 heterocycles. The molecule has 10 heteroatoms. The molecule has 0 radical (unpaired) electrons. The Hall–Kier alpha value is -2.55. The molecule has 0 saturated heterocycles. The van der Waals surface area contributed by atoms with Gasteiger partial charge in [-0.3, -0.25) is 18.6 Å². The van der Waals surface area contributed by atoms with E-state index in [1.165, 1.54) is 51.4 Å². The van der Waals surface area contributed by atoms with Crippen LogP contribution in [0.15, 0.2) is 72.9 Å². The lowest BCUT2D eigenvalue weighted by molar-refractivity contribution is -0.161. The van der Waals surface area contributed by atoms with Crippen LogP contribution in [0.3, 0.4) is 0 Å². The average molecular weight is 750 g/mol. The summed E-state index contributed by atoms with van der Waals surface area (Å²) in [4.78, 5) is 34.7. The molecule has 0 aromatic rings. The summed E-state index contributed by atoms with van der Waals surface area (Å²) in [6.45, 7) is 3.50. The summed E-state index contributed by atoms with van der Waals surface area (Å²) in [5, 5.41) is 0. The van der Waals surface area contributed by atoms with E-state index >= 15 is 0 Å². The number of unbranched alkanes of at least 4 members (excludes halogenated alkanes) is 11. The SMILES string of the molecule is CC/C=C\C/C=C\C/C=C\C/C=C\C/C=C\C/C=C\CCC(=O)OC[C@H](COP(=O)(O)OCCN)OC(=O)CCCCCCCCCCCCCC. The fourth-order valence-corrected chi connectivity index (χ4v) is 5.72. The molecular formula is C42H72NO8P. The molecule has 0 rings (SSSR count). The van der Waals surface area contributed by atoms with Crippen molar-refractivity contribution in [2.75, 3.05) is 26.4 Å². The second kappa shape index (κ2) is 38.2. The first-order valence-corrected chi connectivity index (χ1v) is 21.4. The van der Waals surface area contributed by atoms with E-state index in [-0.39, 0.29) is 32.6 Å². The van der Waals surface area contributed by atoms with E-state index in [9.17, 15) is 19.0 Å². The standard InChI is InChI=1S/C42H72NO8P/c1-3-5-7-9-11-13-15-17-18-19-20-21-22-23-25-26-28-30-32-34-41(44)48-38-40(39-50-52(46,47)49-37-36-43)51-42(45)35-33-31-29-27-24-16-14-12-10-8-6-4-2/h5,7,11,13,17-18,20-21,23,25,28,30,40H,3-4,6,8-10,12,14-16,19,22,24,26-27,29,31-39,43H2,1-2H3,(H,46,47)/b7-5-,13-11-,18-17-,21-20-,25-23-,30-28-/t40-/m1/s1. The first-order chi connectivity index (χ1) is 25.3. The number of allylic oxidation sites excluding steroid dienone is 12. The smallest absolute Gasteiger partial charge is 0.462 e. The van der Waals surface area contributed by atoms with Crippen molar-refractivity contribution in [1.29, 1.82) is 0 Å². The molecule has 0 aromatic carbocycles. The lowest BCUT2D eigenvalue weighted by atomic mass is 10.0. The van der Waals surface area contributed by atoms with Crippen LogP contribution in [0.1, 0.15) is 149 Å². The van der Waals surface area contributed by atoms with Crippen LogP contribution < -0.4 is 5.73 Å². The van der Waals surface area contributed by atoms with Gasteiger partial charge in [0, 0.05) is 19.4 Å². The predicted molar refractivity (Wildman–Crippen MR) is 215 cm³/mol. The maximum Gasteiger partial charge on any atom is 0.472 e. The lowest BCUT2D eigenvalue weighted by Crippen LogP contribution is -2.29. The average Bonchev–Trinajstić information content (AvgIpc) is 3.13. The van der Waals surface area contributed by atoms with Gasteiger partial charge in [-0.05, 0) is 51.4 Å². The van der Waals surface area contributed by atoms with E-state index in [1.54, 1.807) is 0 Å². The summed E-state index contributed by atoms with van der Waals surface area (Å²) < 4.78 is 32.6. The molecule has 0 bridgehead atoms. The molecule has 2 atom stereocenters. The van der Waals surface area contributed by atoms with Gasteiger partial charge in [-0.2, -0.15) is 0 Å². The van der Waals surface area contributed by atoms with Crippen molar-refractivity contribution in [3.63, 3.8) is 0 Å². The van der Waals surface area contributed by atoms with Gasteiger partial charge in [0.2, 0.25) is 0 Å². The third-order valence-corrected chi connectivity index (χ3v) is 8.85. The van der Waals surface area contributed by atoms with E-state index in [0.717, 1.165) is 57.8 Å². The van der Waals surface area contributed by atoms with Crippen LogP contribution in [0.5, 0.6) is 0 Å². The van der Waals surface area contributed by atoms with Gasteiger partial charge in [0.1, 0.15) is 6.61 Å². The highest BCUT2D eigenvalue weighted by molar-refractivity contribution is 7.47. The summed E-state index contributed by atoms with van der Waals surface area (Å²) in [6, 6.07) is 0. The van der Waals surface area contributed by atoms with E-state index < -0.39 is 32.5 Å². The Bertz CT molecular complexity index is 1080. The number of hydrogen-bond donors (Lipinski definition) is 2. The van der Waals surface area contributed by atoms with Gasteiger partial charge in [-0.25, -0.2) is 4.57 Å². The molecule has 0 fully saturated rings. The number of carbonyl (C=O) groups is 2. The second-order valence-corrected chi connectivity index (χ2v) is 14.2. The molecule has 0 aromatic heterocycles. The molecule has 1 unspecified atom stereocenters. The normalized spacial score (nSPS) is 14.2. The van der Waals surface area contributed by atoms with E-state index in [4.69, 9.17) is 24.3 Å². The number of phosphoric acid groups is 1. The Labute approximate surface area is 316 Å².